The smallest absolute Gasteiger partial charge is 0.295 e. The topological polar surface area (TPSA) is 97.8 Å². The number of aromatic nitrogens is 2. The molecule has 0 aliphatic carbocycles. The summed E-state index contributed by atoms with van der Waals surface area (Å²) in [6.07, 6.45) is 8.14. The monoisotopic (exact) mass is 433 g/mol. The molecule has 5 rings (SSSR count). The Kier molecular flexibility index (Phi) is 5.05. The average Bonchev–Trinajstić information content (AvgIpc) is 3.57. The summed E-state index contributed by atoms with van der Waals surface area (Å²) in [4.78, 5) is 31.4. The van der Waals surface area contributed by atoms with Crippen molar-refractivity contribution < 1.29 is 23.8 Å². The largest absolute Gasteiger partial charge is 0.507 e. The van der Waals surface area contributed by atoms with E-state index >= 15 is 0 Å². The molecule has 1 N–H and O–H groups in total. The zero-order valence-electron chi connectivity index (χ0n) is 17.6. The Morgan fingerprint density at radius 1 is 1.25 bits per heavy atom. The number of hydrogen-bond donors (Lipinski definition) is 1. The summed E-state index contributed by atoms with van der Waals surface area (Å²) in [5, 5.41) is 11.2. The molecule has 1 amide bonds. The summed E-state index contributed by atoms with van der Waals surface area (Å²) in [5.41, 5.74) is 1.49. The van der Waals surface area contributed by atoms with Gasteiger partial charge in [0, 0.05) is 37.5 Å². The number of nitrogens with zero attached hydrogens (tertiary/aromatic N) is 3. The number of aliphatic hydroxyl groups excluding tert-OH is 1. The third kappa shape index (κ3) is 3.47. The number of aliphatic hydroxyl groups is 1. The molecular formula is C24H23N3O5. The molecule has 1 fully saturated rings. The SMILES string of the molecule is C[C@@H]1Cc2cc(/C(O)=C3\C(=O)C(=O)N(CCCn4ccnc4)[C@H]3c3ccco3)ccc2O1. The van der Waals surface area contributed by atoms with Gasteiger partial charge in [0.05, 0.1) is 18.2 Å². The Balaban J connectivity index is 1.49. The van der Waals surface area contributed by atoms with Crippen LogP contribution in [0.25, 0.3) is 5.76 Å². The van der Waals surface area contributed by atoms with E-state index in [1.165, 1.54) is 11.2 Å². The van der Waals surface area contributed by atoms with Crippen molar-refractivity contribution in [2.45, 2.75) is 38.5 Å². The molecule has 0 spiro atoms. The second kappa shape index (κ2) is 8.03. The van der Waals surface area contributed by atoms with E-state index in [1.807, 2.05) is 23.8 Å². The van der Waals surface area contributed by atoms with Crippen LogP contribution in [0.5, 0.6) is 5.75 Å². The predicted molar refractivity (Wildman–Crippen MR) is 115 cm³/mol. The molecule has 0 saturated carbocycles. The number of fused-ring (bicyclic) bond motifs is 1. The standard InChI is InChI=1S/C24H23N3O5/c1-15-12-17-13-16(5-6-18(17)32-15)22(28)20-21(19-4-2-11-31-19)27(24(30)23(20)29)9-3-8-26-10-7-25-14-26/h2,4-7,10-11,13-15,21,28H,3,8-9,12H2,1H3/b22-20+/t15-,21+/m1/s1. The highest BCUT2D eigenvalue weighted by Crippen LogP contribution is 2.40. The van der Waals surface area contributed by atoms with Gasteiger partial charge >= 0.3 is 0 Å². The Morgan fingerprint density at radius 2 is 2.12 bits per heavy atom. The van der Waals surface area contributed by atoms with E-state index in [9.17, 15) is 14.7 Å². The maximum absolute atomic E-state index is 13.0. The summed E-state index contributed by atoms with van der Waals surface area (Å²) < 4.78 is 13.2. The van der Waals surface area contributed by atoms with Crippen LogP contribution in [-0.2, 0) is 22.6 Å². The van der Waals surface area contributed by atoms with Gasteiger partial charge in [-0.25, -0.2) is 4.98 Å². The minimum atomic E-state index is -0.781. The van der Waals surface area contributed by atoms with Gasteiger partial charge in [0.15, 0.2) is 0 Å². The lowest BCUT2D eigenvalue weighted by Gasteiger charge is -2.23. The predicted octanol–water partition coefficient (Wildman–Crippen LogP) is 3.31. The highest BCUT2D eigenvalue weighted by atomic mass is 16.5. The lowest BCUT2D eigenvalue weighted by Crippen LogP contribution is -2.31. The van der Waals surface area contributed by atoms with Gasteiger partial charge in [-0.3, -0.25) is 9.59 Å². The first kappa shape index (κ1) is 20.1. The van der Waals surface area contributed by atoms with Crippen LogP contribution in [-0.4, -0.2) is 43.9 Å². The lowest BCUT2D eigenvalue weighted by molar-refractivity contribution is -0.140. The molecule has 2 aromatic heterocycles. The van der Waals surface area contributed by atoms with Crippen LogP contribution >= 0.6 is 0 Å². The van der Waals surface area contributed by atoms with Gasteiger partial charge in [-0.05, 0) is 49.2 Å². The Hall–Kier alpha value is -3.81. The molecular weight excluding hydrogens is 410 g/mol. The Labute approximate surface area is 184 Å². The first-order chi connectivity index (χ1) is 15.5. The molecule has 2 aliphatic rings. The van der Waals surface area contributed by atoms with E-state index in [2.05, 4.69) is 4.98 Å². The normalized spacial score (nSPS) is 21.7. The van der Waals surface area contributed by atoms with Crippen molar-refractivity contribution in [3.05, 3.63) is 77.8 Å². The Bertz CT molecular complexity index is 1180. The molecule has 0 bridgehead atoms. The minimum Gasteiger partial charge on any atom is -0.507 e. The number of ketones is 1. The number of carbonyl (C=O) groups is 2. The molecule has 2 aliphatic heterocycles. The van der Waals surface area contributed by atoms with Crippen LogP contribution in [0.15, 0.2) is 65.3 Å². The quantitative estimate of drug-likeness (QED) is 0.364. The maximum atomic E-state index is 13.0. The summed E-state index contributed by atoms with van der Waals surface area (Å²) >= 11 is 0. The number of carbonyl (C=O) groups excluding carboxylic acids is 2. The molecule has 8 nitrogen and oxygen atoms in total. The highest BCUT2D eigenvalue weighted by Gasteiger charge is 2.47. The van der Waals surface area contributed by atoms with Gasteiger partial charge in [0.25, 0.3) is 11.7 Å². The summed E-state index contributed by atoms with van der Waals surface area (Å²) in [7, 11) is 0. The van der Waals surface area contributed by atoms with Crippen molar-refractivity contribution in [2.75, 3.05) is 6.54 Å². The van der Waals surface area contributed by atoms with Gasteiger partial charge in [-0.15, -0.1) is 0 Å². The highest BCUT2D eigenvalue weighted by molar-refractivity contribution is 6.46. The van der Waals surface area contributed by atoms with Gasteiger partial charge in [-0.2, -0.15) is 0 Å². The Morgan fingerprint density at radius 3 is 2.88 bits per heavy atom. The number of amides is 1. The summed E-state index contributed by atoms with van der Waals surface area (Å²) in [6.45, 7) is 2.96. The number of imidazole rings is 1. The van der Waals surface area contributed by atoms with E-state index < -0.39 is 17.7 Å². The number of likely N-dealkylation sites (tertiary alicyclic amines) is 1. The molecule has 2 atom stereocenters. The molecule has 3 aromatic rings. The number of Topliss-reactive ketones (excluding diaryl/α,β-unsaturated/α-hetero) is 1. The molecule has 32 heavy (non-hydrogen) atoms. The van der Waals surface area contributed by atoms with E-state index in [1.54, 1.807) is 36.8 Å². The van der Waals surface area contributed by atoms with E-state index in [0.29, 0.717) is 30.8 Å². The first-order valence-corrected chi connectivity index (χ1v) is 10.6. The number of benzene rings is 1. The second-order valence-electron chi connectivity index (χ2n) is 8.12. The molecule has 0 radical (unpaired) electrons. The van der Waals surface area contributed by atoms with Crippen molar-refractivity contribution in [3.8, 4) is 5.75 Å². The van der Waals surface area contributed by atoms with E-state index in [4.69, 9.17) is 9.15 Å². The van der Waals surface area contributed by atoms with Crippen LogP contribution < -0.4 is 4.74 Å². The summed E-state index contributed by atoms with van der Waals surface area (Å²) in [6, 6.07) is 7.95. The molecule has 8 heteroatoms. The molecule has 0 unspecified atom stereocenters. The fourth-order valence-electron chi connectivity index (χ4n) is 4.42. The number of hydrogen-bond acceptors (Lipinski definition) is 6. The molecule has 164 valence electrons. The van der Waals surface area contributed by atoms with Crippen molar-refractivity contribution in [3.63, 3.8) is 0 Å². The number of rotatable bonds is 6. The van der Waals surface area contributed by atoms with Crippen LogP contribution in [0.1, 0.15) is 36.3 Å². The van der Waals surface area contributed by atoms with Crippen LogP contribution in [0, 0.1) is 0 Å². The number of aryl methyl sites for hydroxylation is 1. The first-order valence-electron chi connectivity index (χ1n) is 10.6. The molecule has 4 heterocycles. The van der Waals surface area contributed by atoms with Crippen molar-refractivity contribution >= 4 is 17.4 Å². The number of furan rings is 1. The van der Waals surface area contributed by atoms with Gasteiger partial charge in [0.2, 0.25) is 0 Å². The van der Waals surface area contributed by atoms with Crippen LogP contribution in [0.3, 0.4) is 0 Å². The van der Waals surface area contributed by atoms with Gasteiger partial charge < -0.3 is 23.7 Å². The molecule has 1 saturated heterocycles. The molecule has 1 aromatic carbocycles. The van der Waals surface area contributed by atoms with Gasteiger partial charge in [-0.1, -0.05) is 0 Å². The third-order valence-corrected chi connectivity index (χ3v) is 5.90. The maximum Gasteiger partial charge on any atom is 0.295 e. The average molecular weight is 433 g/mol. The summed E-state index contributed by atoms with van der Waals surface area (Å²) in [5.74, 6) is -0.347. The van der Waals surface area contributed by atoms with Crippen molar-refractivity contribution in [1.82, 2.24) is 14.5 Å². The number of ether oxygens (including phenoxy) is 1. The lowest BCUT2D eigenvalue weighted by atomic mass is 9.97. The van der Waals surface area contributed by atoms with Crippen LogP contribution in [0.2, 0.25) is 0 Å². The van der Waals surface area contributed by atoms with Gasteiger partial charge in [0.1, 0.15) is 29.4 Å². The second-order valence-corrected chi connectivity index (χ2v) is 8.12. The van der Waals surface area contributed by atoms with Crippen LogP contribution in [0.4, 0.5) is 0 Å². The van der Waals surface area contributed by atoms with Crippen molar-refractivity contribution in [1.29, 1.82) is 0 Å². The van der Waals surface area contributed by atoms with E-state index in [-0.39, 0.29) is 17.4 Å². The fraction of sp³-hybridized carbons (Fsp3) is 0.292. The zero-order valence-corrected chi connectivity index (χ0v) is 17.6. The minimum absolute atomic E-state index is 0.0412. The fourth-order valence-corrected chi connectivity index (χ4v) is 4.42. The van der Waals surface area contributed by atoms with Crippen molar-refractivity contribution in [2.24, 2.45) is 0 Å². The zero-order chi connectivity index (χ0) is 22.2. The van der Waals surface area contributed by atoms with E-state index in [0.717, 1.165) is 17.7 Å². The third-order valence-electron chi connectivity index (χ3n) is 5.90.